The maximum atomic E-state index is 13.0. The Morgan fingerprint density at radius 1 is 0.939 bits per heavy atom. The molecule has 11 heteroatoms. The van der Waals surface area contributed by atoms with Gasteiger partial charge < -0.3 is 4.90 Å². The van der Waals surface area contributed by atoms with Gasteiger partial charge in [0, 0.05) is 26.2 Å². The van der Waals surface area contributed by atoms with Crippen LogP contribution in [0.15, 0.2) is 65.7 Å². The maximum Gasteiger partial charge on any atom is 0.416 e. The molecule has 0 aliphatic carbocycles. The molecule has 4 rings (SSSR count). The van der Waals surface area contributed by atoms with E-state index in [0.717, 1.165) is 30.0 Å². The lowest BCUT2D eigenvalue weighted by Crippen LogP contribution is -2.50. The second-order valence-electron chi connectivity index (χ2n) is 7.61. The molecule has 1 aliphatic heterocycles. The van der Waals surface area contributed by atoms with E-state index in [4.69, 9.17) is 0 Å². The minimum absolute atomic E-state index is 0.0426. The zero-order valence-corrected chi connectivity index (χ0v) is 18.5. The number of para-hydroxylation sites is 1. The molecule has 7 nitrogen and oxygen atoms in total. The summed E-state index contributed by atoms with van der Waals surface area (Å²) in [6.45, 7) is 2.20. The zero-order valence-electron chi connectivity index (χ0n) is 17.7. The van der Waals surface area contributed by atoms with Crippen LogP contribution in [0.25, 0.3) is 5.69 Å². The molecule has 1 aliphatic rings. The standard InChI is InChI=1S/C22H21F3N4O3S/c1-16-20(15-26-29(16)18-5-3-2-4-6-18)21(30)27-11-13-28(14-12-27)33(31,32)19-9-7-17(8-10-19)22(23,24)25/h2-10,15H,11-14H2,1H3. The van der Waals surface area contributed by atoms with Crippen molar-refractivity contribution in [1.82, 2.24) is 19.0 Å². The van der Waals surface area contributed by atoms with Crippen LogP contribution in [0.5, 0.6) is 0 Å². The second-order valence-corrected chi connectivity index (χ2v) is 9.55. The number of rotatable bonds is 4. The van der Waals surface area contributed by atoms with E-state index < -0.39 is 21.8 Å². The van der Waals surface area contributed by atoms with Crippen LogP contribution in [0, 0.1) is 6.92 Å². The van der Waals surface area contributed by atoms with Crippen LogP contribution in [-0.2, 0) is 16.2 Å². The number of hydrogen-bond donors (Lipinski definition) is 0. The van der Waals surface area contributed by atoms with Crippen molar-refractivity contribution in [3.8, 4) is 5.69 Å². The number of piperazine rings is 1. The molecule has 1 fully saturated rings. The lowest BCUT2D eigenvalue weighted by atomic mass is 10.2. The molecule has 0 radical (unpaired) electrons. The van der Waals surface area contributed by atoms with Gasteiger partial charge in [-0.05, 0) is 43.3 Å². The number of carbonyl (C=O) groups is 1. The van der Waals surface area contributed by atoms with Crippen molar-refractivity contribution in [3.63, 3.8) is 0 Å². The van der Waals surface area contributed by atoms with Gasteiger partial charge in [-0.15, -0.1) is 0 Å². The molecule has 0 atom stereocenters. The Kier molecular flexibility index (Phi) is 6.02. The molecule has 174 valence electrons. The summed E-state index contributed by atoms with van der Waals surface area (Å²) in [7, 11) is -3.97. The highest BCUT2D eigenvalue weighted by Gasteiger charge is 2.33. The van der Waals surface area contributed by atoms with Gasteiger partial charge in [-0.25, -0.2) is 13.1 Å². The summed E-state index contributed by atoms with van der Waals surface area (Å²) in [5.74, 6) is -0.249. The Labute approximate surface area is 189 Å². The first-order valence-corrected chi connectivity index (χ1v) is 11.6. The highest BCUT2D eigenvalue weighted by molar-refractivity contribution is 7.89. The lowest BCUT2D eigenvalue weighted by Gasteiger charge is -2.34. The van der Waals surface area contributed by atoms with E-state index in [1.807, 2.05) is 30.3 Å². The van der Waals surface area contributed by atoms with Gasteiger partial charge in [0.15, 0.2) is 0 Å². The molecule has 33 heavy (non-hydrogen) atoms. The summed E-state index contributed by atoms with van der Waals surface area (Å²) in [5, 5.41) is 4.30. The minimum atomic E-state index is -4.54. The van der Waals surface area contributed by atoms with Gasteiger partial charge in [0.25, 0.3) is 5.91 Å². The van der Waals surface area contributed by atoms with Crippen LogP contribution in [0.1, 0.15) is 21.6 Å². The van der Waals surface area contributed by atoms with Crippen molar-refractivity contribution in [1.29, 1.82) is 0 Å². The fourth-order valence-corrected chi connectivity index (χ4v) is 5.14. The first kappa shape index (κ1) is 23.0. The van der Waals surface area contributed by atoms with Crippen molar-refractivity contribution in [2.45, 2.75) is 18.0 Å². The van der Waals surface area contributed by atoms with Crippen molar-refractivity contribution in [3.05, 3.63) is 77.6 Å². The SMILES string of the molecule is Cc1c(C(=O)N2CCN(S(=O)(=O)c3ccc(C(F)(F)F)cc3)CC2)cnn1-c1ccccc1. The molecule has 2 heterocycles. The summed E-state index contributed by atoms with van der Waals surface area (Å²) in [4.78, 5) is 14.4. The van der Waals surface area contributed by atoms with E-state index in [0.29, 0.717) is 11.3 Å². The molecular formula is C22H21F3N4O3S. The van der Waals surface area contributed by atoms with Crippen molar-refractivity contribution < 1.29 is 26.4 Å². The normalized spacial score (nSPS) is 15.6. The molecule has 1 aromatic heterocycles. The van der Waals surface area contributed by atoms with E-state index in [1.165, 1.54) is 10.5 Å². The highest BCUT2D eigenvalue weighted by atomic mass is 32.2. The number of sulfonamides is 1. The smallest absolute Gasteiger partial charge is 0.336 e. The molecule has 0 N–H and O–H groups in total. The Balaban J connectivity index is 1.45. The number of amides is 1. The molecule has 1 saturated heterocycles. The Morgan fingerprint density at radius 2 is 1.55 bits per heavy atom. The quantitative estimate of drug-likeness (QED) is 0.577. The fourth-order valence-electron chi connectivity index (χ4n) is 3.72. The highest BCUT2D eigenvalue weighted by Crippen LogP contribution is 2.30. The summed E-state index contributed by atoms with van der Waals surface area (Å²) < 4.78 is 66.8. The summed E-state index contributed by atoms with van der Waals surface area (Å²) in [6, 6.07) is 12.8. The van der Waals surface area contributed by atoms with Crippen LogP contribution in [-0.4, -0.2) is 59.5 Å². The maximum absolute atomic E-state index is 13.0. The van der Waals surface area contributed by atoms with E-state index in [1.54, 1.807) is 16.5 Å². The molecule has 0 saturated carbocycles. The van der Waals surface area contributed by atoms with E-state index in [9.17, 15) is 26.4 Å². The predicted molar refractivity (Wildman–Crippen MR) is 114 cm³/mol. The third-order valence-electron chi connectivity index (χ3n) is 5.59. The molecule has 0 bridgehead atoms. The number of alkyl halides is 3. The lowest BCUT2D eigenvalue weighted by molar-refractivity contribution is -0.137. The number of benzene rings is 2. The zero-order chi connectivity index (χ0) is 23.8. The van der Waals surface area contributed by atoms with E-state index >= 15 is 0 Å². The number of nitrogens with zero attached hydrogens (tertiary/aromatic N) is 4. The molecule has 1 amide bonds. The Hall–Kier alpha value is -3.18. The minimum Gasteiger partial charge on any atom is -0.336 e. The van der Waals surface area contributed by atoms with Crippen molar-refractivity contribution in [2.75, 3.05) is 26.2 Å². The average Bonchev–Trinajstić information content (AvgIpc) is 3.20. The fraction of sp³-hybridized carbons (Fsp3) is 0.273. The topological polar surface area (TPSA) is 75.5 Å². The average molecular weight is 478 g/mol. The molecule has 3 aromatic rings. The Morgan fingerprint density at radius 3 is 2.12 bits per heavy atom. The third-order valence-corrected chi connectivity index (χ3v) is 7.50. The first-order valence-electron chi connectivity index (χ1n) is 10.2. The van der Waals surface area contributed by atoms with Crippen LogP contribution >= 0.6 is 0 Å². The third kappa shape index (κ3) is 4.51. The van der Waals surface area contributed by atoms with Crippen LogP contribution in [0.2, 0.25) is 0 Å². The monoisotopic (exact) mass is 478 g/mol. The van der Waals surface area contributed by atoms with Gasteiger partial charge in [0.1, 0.15) is 0 Å². The number of carbonyl (C=O) groups excluding carboxylic acids is 1. The Bertz CT molecular complexity index is 1250. The largest absolute Gasteiger partial charge is 0.416 e. The van der Waals surface area contributed by atoms with Crippen molar-refractivity contribution in [2.24, 2.45) is 0 Å². The van der Waals surface area contributed by atoms with Crippen molar-refractivity contribution >= 4 is 15.9 Å². The van der Waals surface area contributed by atoms with Crippen LogP contribution in [0.4, 0.5) is 13.2 Å². The molecular weight excluding hydrogens is 457 g/mol. The van der Waals surface area contributed by atoms with E-state index in [-0.39, 0.29) is 37.0 Å². The molecule has 0 spiro atoms. The van der Waals surface area contributed by atoms with Gasteiger partial charge in [0.05, 0.1) is 33.6 Å². The number of hydrogen-bond acceptors (Lipinski definition) is 4. The summed E-state index contributed by atoms with van der Waals surface area (Å²) in [6.07, 6.45) is -3.04. The van der Waals surface area contributed by atoms with Gasteiger partial charge in [0.2, 0.25) is 10.0 Å². The predicted octanol–water partition coefficient (Wildman–Crippen LogP) is 3.35. The number of aromatic nitrogens is 2. The first-order chi connectivity index (χ1) is 15.6. The van der Waals surface area contributed by atoms with Gasteiger partial charge >= 0.3 is 6.18 Å². The van der Waals surface area contributed by atoms with E-state index in [2.05, 4.69) is 5.10 Å². The molecule has 2 aromatic carbocycles. The summed E-state index contributed by atoms with van der Waals surface area (Å²) >= 11 is 0. The second kappa shape index (κ2) is 8.64. The summed E-state index contributed by atoms with van der Waals surface area (Å²) in [5.41, 5.74) is 1.01. The van der Waals surface area contributed by atoms with Gasteiger partial charge in [-0.1, -0.05) is 18.2 Å². The van der Waals surface area contributed by atoms with Crippen LogP contribution < -0.4 is 0 Å². The molecule has 0 unspecified atom stereocenters. The van der Waals surface area contributed by atoms with Gasteiger partial charge in [-0.2, -0.15) is 22.6 Å². The van der Waals surface area contributed by atoms with Crippen LogP contribution in [0.3, 0.4) is 0 Å². The number of halogens is 3. The van der Waals surface area contributed by atoms with Gasteiger partial charge in [-0.3, -0.25) is 4.79 Å².